The molecule has 1 N–H and O–H groups in total. The van der Waals surface area contributed by atoms with Gasteiger partial charge >= 0.3 is 0 Å². The van der Waals surface area contributed by atoms with Gasteiger partial charge in [0.2, 0.25) is 0 Å². The third kappa shape index (κ3) is 2.49. The summed E-state index contributed by atoms with van der Waals surface area (Å²) >= 11 is 3.60. The Morgan fingerprint density at radius 2 is 2.19 bits per heavy atom. The van der Waals surface area contributed by atoms with Gasteiger partial charge < -0.3 is 4.98 Å². The van der Waals surface area contributed by atoms with E-state index in [1.165, 1.54) is 0 Å². The minimum Gasteiger partial charge on any atom is -0.309 e. The number of aryl methyl sites for hydroxylation is 2. The molecule has 2 rings (SSSR count). The molecule has 0 aliphatic heterocycles. The first-order valence-electron chi connectivity index (χ1n) is 4.72. The van der Waals surface area contributed by atoms with Crippen molar-refractivity contribution in [2.45, 2.75) is 20.3 Å². The molecule has 0 aliphatic carbocycles. The van der Waals surface area contributed by atoms with E-state index in [1.54, 1.807) is 11.3 Å². The van der Waals surface area contributed by atoms with Crippen molar-refractivity contribution in [3.8, 4) is 0 Å². The van der Waals surface area contributed by atoms with E-state index in [2.05, 4.69) is 15.0 Å². The lowest BCUT2D eigenvalue weighted by Crippen LogP contribution is -2.16. The van der Waals surface area contributed by atoms with Crippen LogP contribution in [0.3, 0.4) is 0 Å². The van der Waals surface area contributed by atoms with Crippen LogP contribution in [0.5, 0.6) is 0 Å². The lowest BCUT2D eigenvalue weighted by Gasteiger charge is -2.01. The van der Waals surface area contributed by atoms with Gasteiger partial charge in [0.05, 0.1) is 20.0 Å². The monoisotopic (exact) mass is 347 g/mol. The molecular formula is C10H10IN3OS. The first-order valence-corrected chi connectivity index (χ1v) is 6.68. The van der Waals surface area contributed by atoms with E-state index in [0.717, 1.165) is 16.4 Å². The molecule has 2 aromatic rings. The molecule has 0 radical (unpaired) electrons. The van der Waals surface area contributed by atoms with Crippen LogP contribution in [0.25, 0.3) is 0 Å². The van der Waals surface area contributed by atoms with Crippen molar-refractivity contribution < 1.29 is 0 Å². The topological polar surface area (TPSA) is 58.6 Å². The highest BCUT2D eigenvalue weighted by Gasteiger charge is 2.07. The second-order valence-electron chi connectivity index (χ2n) is 3.45. The lowest BCUT2D eigenvalue weighted by atomic mass is 10.3. The van der Waals surface area contributed by atoms with Crippen LogP contribution in [0.4, 0.5) is 0 Å². The normalized spacial score (nSPS) is 10.7. The molecule has 0 aromatic carbocycles. The van der Waals surface area contributed by atoms with Crippen LogP contribution < -0.4 is 5.56 Å². The summed E-state index contributed by atoms with van der Waals surface area (Å²) in [5, 5.41) is 3.02. The largest absolute Gasteiger partial charge is 0.309 e. The number of hydrogen-bond acceptors (Lipinski definition) is 4. The van der Waals surface area contributed by atoms with Gasteiger partial charge in [0.25, 0.3) is 5.56 Å². The molecule has 16 heavy (non-hydrogen) atoms. The van der Waals surface area contributed by atoms with Gasteiger partial charge in [0.15, 0.2) is 0 Å². The fourth-order valence-corrected chi connectivity index (χ4v) is 2.24. The molecule has 0 amide bonds. The number of halogens is 1. The SMILES string of the molecule is Cc1nc(Cc2nc(C)c(I)c(=O)[nH]2)cs1. The highest BCUT2D eigenvalue weighted by atomic mass is 127. The number of thiazole rings is 1. The summed E-state index contributed by atoms with van der Waals surface area (Å²) in [5.41, 5.74) is 1.65. The van der Waals surface area contributed by atoms with Crippen LogP contribution in [-0.4, -0.2) is 15.0 Å². The molecule has 0 bridgehead atoms. The van der Waals surface area contributed by atoms with Crippen molar-refractivity contribution in [3.05, 3.63) is 41.5 Å². The van der Waals surface area contributed by atoms with Gasteiger partial charge in [-0.1, -0.05) is 0 Å². The van der Waals surface area contributed by atoms with E-state index in [4.69, 9.17) is 0 Å². The summed E-state index contributed by atoms with van der Waals surface area (Å²) in [7, 11) is 0. The van der Waals surface area contributed by atoms with Crippen LogP contribution in [-0.2, 0) is 6.42 Å². The highest BCUT2D eigenvalue weighted by Crippen LogP contribution is 2.11. The molecular weight excluding hydrogens is 337 g/mol. The third-order valence-electron chi connectivity index (χ3n) is 2.09. The van der Waals surface area contributed by atoms with Crippen LogP contribution in [0.2, 0.25) is 0 Å². The number of nitrogens with zero attached hydrogens (tertiary/aromatic N) is 2. The summed E-state index contributed by atoms with van der Waals surface area (Å²) in [6.07, 6.45) is 0.581. The molecule has 0 spiro atoms. The minimum atomic E-state index is -0.0740. The summed E-state index contributed by atoms with van der Waals surface area (Å²) in [4.78, 5) is 23.0. The smallest absolute Gasteiger partial charge is 0.264 e. The number of hydrogen-bond donors (Lipinski definition) is 1. The van der Waals surface area contributed by atoms with Crippen molar-refractivity contribution in [1.82, 2.24) is 15.0 Å². The second-order valence-corrected chi connectivity index (χ2v) is 5.59. The molecule has 0 atom stereocenters. The maximum Gasteiger partial charge on any atom is 0.264 e. The molecule has 2 heterocycles. The van der Waals surface area contributed by atoms with Gasteiger partial charge in [-0.2, -0.15) is 0 Å². The van der Waals surface area contributed by atoms with Gasteiger partial charge in [0.1, 0.15) is 5.82 Å². The number of aromatic amines is 1. The van der Waals surface area contributed by atoms with Gasteiger partial charge in [-0.15, -0.1) is 11.3 Å². The van der Waals surface area contributed by atoms with Gasteiger partial charge in [-0.25, -0.2) is 9.97 Å². The zero-order valence-electron chi connectivity index (χ0n) is 8.87. The van der Waals surface area contributed by atoms with E-state index in [1.807, 2.05) is 41.8 Å². The fourth-order valence-electron chi connectivity index (χ4n) is 1.37. The first kappa shape index (κ1) is 11.7. The molecule has 0 aliphatic rings. The summed E-state index contributed by atoms with van der Waals surface area (Å²) in [6, 6.07) is 0. The van der Waals surface area contributed by atoms with Crippen LogP contribution in [0.15, 0.2) is 10.2 Å². The Kier molecular flexibility index (Phi) is 3.38. The van der Waals surface area contributed by atoms with Crippen LogP contribution in [0, 0.1) is 17.4 Å². The van der Waals surface area contributed by atoms with Crippen molar-refractivity contribution in [1.29, 1.82) is 0 Å². The Balaban J connectivity index is 2.32. The van der Waals surface area contributed by atoms with Gasteiger partial charge in [0, 0.05) is 11.8 Å². The molecule has 0 saturated heterocycles. The lowest BCUT2D eigenvalue weighted by molar-refractivity contribution is 0.893. The average molecular weight is 347 g/mol. The highest BCUT2D eigenvalue weighted by molar-refractivity contribution is 14.1. The number of H-pyrrole nitrogens is 1. The first-order chi connectivity index (χ1) is 7.56. The predicted molar refractivity (Wildman–Crippen MR) is 72.0 cm³/mol. The zero-order chi connectivity index (χ0) is 11.7. The molecule has 84 valence electrons. The Labute approximate surface area is 110 Å². The molecule has 6 heteroatoms. The second kappa shape index (κ2) is 4.62. The molecule has 0 unspecified atom stereocenters. The van der Waals surface area contributed by atoms with Crippen LogP contribution >= 0.6 is 33.9 Å². The molecule has 0 fully saturated rings. The average Bonchev–Trinajstić information content (AvgIpc) is 2.60. The number of rotatable bonds is 2. The van der Waals surface area contributed by atoms with Gasteiger partial charge in [-0.3, -0.25) is 4.79 Å². The maximum absolute atomic E-state index is 11.5. The van der Waals surface area contributed by atoms with E-state index < -0.39 is 0 Å². The Morgan fingerprint density at radius 3 is 2.75 bits per heavy atom. The molecule has 4 nitrogen and oxygen atoms in total. The molecule has 0 saturated carbocycles. The number of nitrogens with one attached hydrogen (secondary N) is 1. The molecule has 2 aromatic heterocycles. The predicted octanol–water partition coefficient (Wildman–Crippen LogP) is 2.04. The quantitative estimate of drug-likeness (QED) is 0.846. The summed E-state index contributed by atoms with van der Waals surface area (Å²) < 4.78 is 0.649. The summed E-state index contributed by atoms with van der Waals surface area (Å²) in [5.74, 6) is 0.674. The zero-order valence-corrected chi connectivity index (χ0v) is 11.8. The standard InChI is InChI=1S/C10H10IN3OS/c1-5-9(11)10(15)14-8(12-5)3-7-4-16-6(2)13-7/h4H,3H2,1-2H3,(H,12,14,15). The Bertz CT molecular complexity index is 576. The van der Waals surface area contributed by atoms with Crippen molar-refractivity contribution in [2.24, 2.45) is 0 Å². The van der Waals surface area contributed by atoms with E-state index in [-0.39, 0.29) is 5.56 Å². The van der Waals surface area contributed by atoms with Gasteiger partial charge in [-0.05, 0) is 36.4 Å². The number of aromatic nitrogens is 3. The van der Waals surface area contributed by atoms with Crippen molar-refractivity contribution in [3.63, 3.8) is 0 Å². The van der Waals surface area contributed by atoms with Crippen molar-refractivity contribution in [2.75, 3.05) is 0 Å². The Hall–Kier alpha value is -0.760. The fraction of sp³-hybridized carbons (Fsp3) is 0.300. The summed E-state index contributed by atoms with van der Waals surface area (Å²) in [6.45, 7) is 3.80. The Morgan fingerprint density at radius 1 is 1.44 bits per heavy atom. The van der Waals surface area contributed by atoms with Crippen LogP contribution in [0.1, 0.15) is 22.2 Å². The third-order valence-corrected chi connectivity index (χ3v) is 4.19. The van der Waals surface area contributed by atoms with E-state index >= 15 is 0 Å². The van der Waals surface area contributed by atoms with E-state index in [0.29, 0.717) is 15.8 Å². The minimum absolute atomic E-state index is 0.0740. The maximum atomic E-state index is 11.5. The van der Waals surface area contributed by atoms with E-state index in [9.17, 15) is 4.79 Å². The van der Waals surface area contributed by atoms with Crippen molar-refractivity contribution >= 4 is 33.9 Å².